The van der Waals surface area contributed by atoms with Crippen LogP contribution in [0.3, 0.4) is 0 Å². The van der Waals surface area contributed by atoms with Gasteiger partial charge >= 0.3 is 5.97 Å². The lowest BCUT2D eigenvalue weighted by atomic mass is 10.1. The van der Waals surface area contributed by atoms with Crippen LogP contribution in [0.5, 0.6) is 0 Å². The van der Waals surface area contributed by atoms with E-state index in [2.05, 4.69) is 21.2 Å². The molecule has 0 heterocycles. The number of rotatable bonds is 7. The third-order valence-corrected chi connectivity index (χ3v) is 4.83. The summed E-state index contributed by atoms with van der Waals surface area (Å²) >= 11 is 4.79. The van der Waals surface area contributed by atoms with Gasteiger partial charge in [-0.15, -0.1) is 11.8 Å². The van der Waals surface area contributed by atoms with E-state index in [1.54, 1.807) is 0 Å². The molecule has 0 bridgehead atoms. The van der Waals surface area contributed by atoms with E-state index in [0.29, 0.717) is 6.42 Å². The van der Waals surface area contributed by atoms with E-state index in [1.165, 1.54) is 18.9 Å². The van der Waals surface area contributed by atoms with Gasteiger partial charge in [0.25, 0.3) is 0 Å². The minimum absolute atomic E-state index is 0.200. The zero-order valence-corrected chi connectivity index (χ0v) is 15.6. The summed E-state index contributed by atoms with van der Waals surface area (Å²) in [6.45, 7) is 0. The quantitative estimate of drug-likeness (QED) is 0.564. The van der Waals surface area contributed by atoms with E-state index in [0.717, 1.165) is 14.9 Å². The average molecular weight is 408 g/mol. The lowest BCUT2D eigenvalue weighted by Crippen LogP contribution is -2.43. The maximum Gasteiger partial charge on any atom is 0.328 e. The summed E-state index contributed by atoms with van der Waals surface area (Å²) in [5.41, 5.74) is 0.966. The zero-order chi connectivity index (χ0) is 17.4. The minimum Gasteiger partial charge on any atom is -0.467 e. The van der Waals surface area contributed by atoms with Gasteiger partial charge in [0.1, 0.15) is 6.04 Å². The van der Waals surface area contributed by atoms with Crippen molar-refractivity contribution in [2.75, 3.05) is 12.9 Å². The monoisotopic (exact) mass is 407 g/mol. The number of thioether (sulfide) groups is 1. The Balaban J connectivity index is 1.91. The van der Waals surface area contributed by atoms with Crippen molar-refractivity contribution in [1.82, 2.24) is 5.32 Å². The minimum atomic E-state index is -0.685. The number of benzene rings is 2. The largest absolute Gasteiger partial charge is 0.467 e. The molecule has 126 valence electrons. The normalized spacial score (nSPS) is 11.6. The molecule has 2 aromatic carbocycles. The van der Waals surface area contributed by atoms with Gasteiger partial charge in [-0.2, -0.15) is 0 Å². The number of hydrogen-bond donors (Lipinski definition) is 1. The molecule has 6 heteroatoms. The number of hydrogen-bond acceptors (Lipinski definition) is 4. The molecule has 0 saturated carbocycles. The van der Waals surface area contributed by atoms with Crippen molar-refractivity contribution in [3.8, 4) is 0 Å². The molecule has 0 aliphatic rings. The summed E-state index contributed by atoms with van der Waals surface area (Å²) in [6, 6.07) is 16.6. The molecule has 0 spiro atoms. The van der Waals surface area contributed by atoms with Crippen molar-refractivity contribution < 1.29 is 14.3 Å². The first-order valence-corrected chi connectivity index (χ1v) is 9.16. The summed E-state index contributed by atoms with van der Waals surface area (Å²) in [6.07, 6.45) is 0.405. The summed E-state index contributed by atoms with van der Waals surface area (Å²) in [7, 11) is 1.32. The number of carbonyl (C=O) groups excluding carboxylic acids is 2. The van der Waals surface area contributed by atoms with Crippen LogP contribution < -0.4 is 5.32 Å². The van der Waals surface area contributed by atoms with Gasteiger partial charge in [-0.05, 0) is 29.8 Å². The predicted molar refractivity (Wildman–Crippen MR) is 99.0 cm³/mol. The van der Waals surface area contributed by atoms with Crippen LogP contribution in [0, 0.1) is 0 Å². The molecule has 1 N–H and O–H groups in total. The molecule has 0 radical (unpaired) electrons. The number of methoxy groups -OCH3 is 1. The van der Waals surface area contributed by atoms with E-state index >= 15 is 0 Å². The van der Waals surface area contributed by atoms with Gasteiger partial charge in [0.15, 0.2) is 0 Å². The Bertz CT molecular complexity index is 676. The first-order chi connectivity index (χ1) is 11.6. The molecule has 1 amide bonds. The van der Waals surface area contributed by atoms with Crippen molar-refractivity contribution in [3.63, 3.8) is 0 Å². The topological polar surface area (TPSA) is 55.4 Å². The predicted octanol–water partition coefficient (Wildman–Crippen LogP) is 3.44. The number of nitrogens with one attached hydrogen (secondary N) is 1. The highest BCUT2D eigenvalue weighted by molar-refractivity contribution is 9.10. The van der Waals surface area contributed by atoms with Crippen LogP contribution in [-0.2, 0) is 20.7 Å². The highest BCUT2D eigenvalue weighted by Gasteiger charge is 2.21. The van der Waals surface area contributed by atoms with Gasteiger partial charge in [-0.1, -0.05) is 46.3 Å². The second-order valence-electron chi connectivity index (χ2n) is 5.08. The van der Waals surface area contributed by atoms with Crippen LogP contribution in [0.15, 0.2) is 64.0 Å². The fourth-order valence-electron chi connectivity index (χ4n) is 2.10. The smallest absolute Gasteiger partial charge is 0.328 e. The van der Waals surface area contributed by atoms with E-state index in [-0.39, 0.29) is 11.7 Å². The molecule has 4 nitrogen and oxygen atoms in total. The van der Waals surface area contributed by atoms with Crippen LogP contribution in [0.2, 0.25) is 0 Å². The van der Waals surface area contributed by atoms with Crippen molar-refractivity contribution in [1.29, 1.82) is 0 Å². The first-order valence-electron chi connectivity index (χ1n) is 7.38. The third-order valence-electron chi connectivity index (χ3n) is 3.29. The number of esters is 1. The fourth-order valence-corrected chi connectivity index (χ4v) is 3.08. The number of halogens is 1. The first kappa shape index (κ1) is 18.5. The molecule has 0 aliphatic carbocycles. The lowest BCUT2D eigenvalue weighted by Gasteiger charge is -2.16. The molecule has 0 fully saturated rings. The van der Waals surface area contributed by atoms with Crippen molar-refractivity contribution in [3.05, 3.63) is 64.6 Å². The van der Waals surface area contributed by atoms with E-state index in [4.69, 9.17) is 4.74 Å². The fraction of sp³-hybridized carbons (Fsp3) is 0.222. The molecule has 2 aromatic rings. The van der Waals surface area contributed by atoms with Crippen molar-refractivity contribution in [2.45, 2.75) is 17.4 Å². The Kier molecular flexibility index (Phi) is 7.34. The third kappa shape index (κ3) is 6.02. The molecule has 0 aliphatic heterocycles. The van der Waals surface area contributed by atoms with Crippen LogP contribution >= 0.6 is 27.7 Å². The van der Waals surface area contributed by atoms with Crippen molar-refractivity contribution in [2.24, 2.45) is 0 Å². The molecule has 0 aromatic heterocycles. The Morgan fingerprint density at radius 3 is 2.42 bits per heavy atom. The zero-order valence-electron chi connectivity index (χ0n) is 13.2. The molecular weight excluding hydrogens is 390 g/mol. The van der Waals surface area contributed by atoms with E-state index in [9.17, 15) is 9.59 Å². The standard InChI is InChI=1S/C18H18BrNO3S/c1-23-18(22)16(11-13-5-3-2-4-6-13)20-17(21)12-24-15-9-7-14(19)8-10-15/h2-10,16H,11-12H2,1H3,(H,20,21)/t16-/m0/s1. The Morgan fingerprint density at radius 2 is 1.79 bits per heavy atom. The second-order valence-corrected chi connectivity index (χ2v) is 7.04. The van der Waals surface area contributed by atoms with Crippen LogP contribution in [0.4, 0.5) is 0 Å². The highest BCUT2D eigenvalue weighted by Crippen LogP contribution is 2.20. The molecule has 2 rings (SSSR count). The molecule has 0 saturated heterocycles. The van der Waals surface area contributed by atoms with Crippen molar-refractivity contribution >= 4 is 39.6 Å². The maximum absolute atomic E-state index is 12.2. The Hall–Kier alpha value is -1.79. The van der Waals surface area contributed by atoms with Gasteiger partial charge in [-0.25, -0.2) is 4.79 Å². The highest BCUT2D eigenvalue weighted by atomic mass is 79.9. The molecular formula is C18H18BrNO3S. The van der Waals surface area contributed by atoms with E-state index < -0.39 is 12.0 Å². The second kappa shape index (κ2) is 9.49. The summed E-state index contributed by atoms with van der Waals surface area (Å²) in [5, 5.41) is 2.75. The summed E-state index contributed by atoms with van der Waals surface area (Å²) < 4.78 is 5.79. The summed E-state index contributed by atoms with van der Waals surface area (Å²) in [4.78, 5) is 25.1. The van der Waals surface area contributed by atoms with Crippen LogP contribution in [-0.4, -0.2) is 30.8 Å². The van der Waals surface area contributed by atoms with Gasteiger partial charge in [0, 0.05) is 15.8 Å². The van der Waals surface area contributed by atoms with Gasteiger partial charge in [-0.3, -0.25) is 4.79 Å². The number of ether oxygens (including phenoxy) is 1. The maximum atomic E-state index is 12.2. The van der Waals surface area contributed by atoms with Crippen LogP contribution in [0.25, 0.3) is 0 Å². The van der Waals surface area contributed by atoms with Gasteiger partial charge in [0.05, 0.1) is 12.9 Å². The average Bonchev–Trinajstić information content (AvgIpc) is 2.61. The number of amides is 1. The number of carbonyl (C=O) groups is 2. The van der Waals surface area contributed by atoms with E-state index in [1.807, 2.05) is 54.6 Å². The Labute approximate surface area is 154 Å². The van der Waals surface area contributed by atoms with Gasteiger partial charge < -0.3 is 10.1 Å². The SMILES string of the molecule is COC(=O)[C@H](Cc1ccccc1)NC(=O)CSc1ccc(Br)cc1. The molecule has 24 heavy (non-hydrogen) atoms. The lowest BCUT2D eigenvalue weighted by molar-refractivity contribution is -0.144. The van der Waals surface area contributed by atoms with Gasteiger partial charge in [0.2, 0.25) is 5.91 Å². The Morgan fingerprint density at radius 1 is 1.12 bits per heavy atom. The summed E-state index contributed by atoms with van der Waals surface area (Å²) in [5.74, 6) is -0.403. The molecule has 1 atom stereocenters. The molecule has 0 unspecified atom stereocenters. The van der Waals surface area contributed by atoms with Crippen LogP contribution in [0.1, 0.15) is 5.56 Å².